The summed E-state index contributed by atoms with van der Waals surface area (Å²) in [4.78, 5) is 11.1. The van der Waals surface area contributed by atoms with E-state index in [1.807, 2.05) is 12.3 Å². The molecule has 3 unspecified atom stereocenters. The molecular formula is C18H16N2O2. The Morgan fingerprint density at radius 1 is 1.27 bits per heavy atom. The minimum absolute atomic E-state index is 0.277. The van der Waals surface area contributed by atoms with E-state index in [1.54, 1.807) is 22.9 Å². The van der Waals surface area contributed by atoms with E-state index in [1.165, 1.54) is 5.56 Å². The lowest BCUT2D eigenvalue weighted by Crippen LogP contribution is -2.10. The molecule has 4 rings (SSSR count). The molecule has 110 valence electrons. The van der Waals surface area contributed by atoms with Crippen molar-refractivity contribution in [3.05, 3.63) is 71.6 Å². The third-order valence-corrected chi connectivity index (χ3v) is 4.69. The SMILES string of the molecule is CC1c2cn(-c3cccc(C(=O)O)c3)nc2C2C=CC=CC12. The highest BCUT2D eigenvalue weighted by Crippen LogP contribution is 2.48. The van der Waals surface area contributed by atoms with Crippen LogP contribution in [0.4, 0.5) is 0 Å². The highest BCUT2D eigenvalue weighted by molar-refractivity contribution is 5.88. The molecule has 0 bridgehead atoms. The lowest BCUT2D eigenvalue weighted by atomic mass is 9.85. The molecule has 0 aliphatic heterocycles. The van der Waals surface area contributed by atoms with E-state index in [4.69, 9.17) is 10.2 Å². The van der Waals surface area contributed by atoms with E-state index < -0.39 is 5.97 Å². The molecule has 2 aromatic rings. The van der Waals surface area contributed by atoms with Gasteiger partial charge >= 0.3 is 5.97 Å². The predicted octanol–water partition coefficient (Wildman–Crippen LogP) is 3.51. The van der Waals surface area contributed by atoms with Crippen molar-refractivity contribution in [1.29, 1.82) is 0 Å². The van der Waals surface area contributed by atoms with Crippen LogP contribution in [0.15, 0.2) is 54.8 Å². The number of nitrogens with zero attached hydrogens (tertiary/aromatic N) is 2. The van der Waals surface area contributed by atoms with Gasteiger partial charge in [-0.1, -0.05) is 37.3 Å². The third-order valence-electron chi connectivity index (χ3n) is 4.69. The maximum atomic E-state index is 11.1. The lowest BCUT2D eigenvalue weighted by molar-refractivity contribution is 0.0697. The molecule has 1 N–H and O–H groups in total. The van der Waals surface area contributed by atoms with Crippen molar-refractivity contribution >= 4 is 5.97 Å². The average Bonchev–Trinajstić information content (AvgIpc) is 3.08. The molecule has 2 aliphatic carbocycles. The van der Waals surface area contributed by atoms with Gasteiger partial charge in [0.05, 0.1) is 16.9 Å². The fourth-order valence-corrected chi connectivity index (χ4v) is 3.51. The summed E-state index contributed by atoms with van der Waals surface area (Å²) in [7, 11) is 0. The molecule has 0 saturated carbocycles. The first-order chi connectivity index (χ1) is 10.6. The summed E-state index contributed by atoms with van der Waals surface area (Å²) in [6.07, 6.45) is 10.7. The third kappa shape index (κ3) is 1.84. The van der Waals surface area contributed by atoms with Gasteiger partial charge in [-0.2, -0.15) is 5.10 Å². The molecule has 4 nitrogen and oxygen atoms in total. The number of benzene rings is 1. The smallest absolute Gasteiger partial charge is 0.335 e. The molecule has 22 heavy (non-hydrogen) atoms. The fourth-order valence-electron chi connectivity index (χ4n) is 3.51. The number of carbonyl (C=O) groups is 1. The van der Waals surface area contributed by atoms with Crippen molar-refractivity contribution < 1.29 is 9.90 Å². The molecule has 2 aliphatic rings. The first-order valence-electron chi connectivity index (χ1n) is 7.43. The Bertz CT molecular complexity index is 816. The molecule has 1 aromatic carbocycles. The van der Waals surface area contributed by atoms with Gasteiger partial charge in [0.1, 0.15) is 0 Å². The minimum atomic E-state index is -0.921. The Balaban J connectivity index is 1.77. The monoisotopic (exact) mass is 292 g/mol. The Morgan fingerprint density at radius 3 is 2.91 bits per heavy atom. The zero-order chi connectivity index (χ0) is 15.3. The van der Waals surface area contributed by atoms with Crippen molar-refractivity contribution in [2.24, 2.45) is 5.92 Å². The maximum absolute atomic E-state index is 11.1. The highest BCUT2D eigenvalue weighted by atomic mass is 16.4. The molecule has 3 atom stereocenters. The summed E-state index contributed by atoms with van der Waals surface area (Å²) < 4.78 is 1.80. The van der Waals surface area contributed by atoms with E-state index in [-0.39, 0.29) is 5.56 Å². The number of rotatable bonds is 2. The Morgan fingerprint density at radius 2 is 2.09 bits per heavy atom. The average molecular weight is 292 g/mol. The van der Waals surface area contributed by atoms with Crippen LogP contribution >= 0.6 is 0 Å². The number of allylic oxidation sites excluding steroid dienone is 4. The first kappa shape index (κ1) is 13.1. The number of carboxylic acid groups (broad SMARTS) is 1. The van der Waals surface area contributed by atoms with Gasteiger partial charge in [-0.15, -0.1) is 0 Å². The van der Waals surface area contributed by atoms with Gasteiger partial charge < -0.3 is 5.11 Å². The molecule has 0 fully saturated rings. The van der Waals surface area contributed by atoms with Crippen LogP contribution in [0.25, 0.3) is 5.69 Å². The number of hydrogen-bond donors (Lipinski definition) is 1. The standard InChI is InChI=1S/C18H16N2O2/c1-11-14-7-2-3-8-15(14)17-16(11)10-20(19-17)13-6-4-5-12(9-13)18(21)22/h2-11,14-15H,1H3,(H,21,22). The summed E-state index contributed by atoms with van der Waals surface area (Å²) in [5.74, 6) is 0.328. The van der Waals surface area contributed by atoms with Crippen molar-refractivity contribution in [3.8, 4) is 5.69 Å². The molecule has 0 amide bonds. The van der Waals surface area contributed by atoms with Crippen molar-refractivity contribution in [2.75, 3.05) is 0 Å². The van der Waals surface area contributed by atoms with Crippen LogP contribution in [0.3, 0.4) is 0 Å². The molecular weight excluding hydrogens is 276 g/mol. The van der Waals surface area contributed by atoms with Gasteiger partial charge in [-0.05, 0) is 35.6 Å². The van der Waals surface area contributed by atoms with Crippen LogP contribution in [-0.4, -0.2) is 20.9 Å². The molecule has 1 heterocycles. The van der Waals surface area contributed by atoms with E-state index in [9.17, 15) is 4.79 Å². The van der Waals surface area contributed by atoms with Gasteiger partial charge in [-0.3, -0.25) is 0 Å². The van der Waals surface area contributed by atoms with Gasteiger partial charge in [0.25, 0.3) is 0 Å². The normalized spacial score (nSPS) is 25.0. The van der Waals surface area contributed by atoms with Crippen LogP contribution in [0, 0.1) is 5.92 Å². The van der Waals surface area contributed by atoms with E-state index in [0.29, 0.717) is 17.8 Å². The minimum Gasteiger partial charge on any atom is -0.478 e. The van der Waals surface area contributed by atoms with E-state index in [2.05, 4.69) is 31.2 Å². The van der Waals surface area contributed by atoms with Gasteiger partial charge in [0.2, 0.25) is 0 Å². The summed E-state index contributed by atoms with van der Waals surface area (Å²) in [5, 5.41) is 13.9. The first-order valence-corrected chi connectivity index (χ1v) is 7.43. The second-order valence-electron chi connectivity index (χ2n) is 5.93. The number of aromatic nitrogens is 2. The maximum Gasteiger partial charge on any atom is 0.335 e. The van der Waals surface area contributed by atoms with Crippen molar-refractivity contribution in [2.45, 2.75) is 18.8 Å². The lowest BCUT2D eigenvalue weighted by Gasteiger charge is -2.19. The van der Waals surface area contributed by atoms with Gasteiger partial charge in [-0.25, -0.2) is 9.48 Å². The zero-order valence-electron chi connectivity index (χ0n) is 12.2. The largest absolute Gasteiger partial charge is 0.478 e. The van der Waals surface area contributed by atoms with Crippen LogP contribution in [0.1, 0.15) is 40.4 Å². The van der Waals surface area contributed by atoms with Gasteiger partial charge in [0, 0.05) is 12.1 Å². The van der Waals surface area contributed by atoms with Crippen LogP contribution in [0.2, 0.25) is 0 Å². The fraction of sp³-hybridized carbons (Fsp3) is 0.222. The van der Waals surface area contributed by atoms with Crippen molar-refractivity contribution in [3.63, 3.8) is 0 Å². The number of hydrogen-bond acceptors (Lipinski definition) is 2. The van der Waals surface area contributed by atoms with Crippen LogP contribution < -0.4 is 0 Å². The second kappa shape index (κ2) is 4.70. The summed E-state index contributed by atoms with van der Waals surface area (Å²) in [6, 6.07) is 6.88. The van der Waals surface area contributed by atoms with Crippen molar-refractivity contribution in [1.82, 2.24) is 9.78 Å². The number of aromatic carboxylic acids is 1. The second-order valence-corrected chi connectivity index (χ2v) is 5.93. The Hall–Kier alpha value is -2.62. The van der Waals surface area contributed by atoms with Crippen LogP contribution in [0.5, 0.6) is 0 Å². The molecule has 1 aromatic heterocycles. The highest BCUT2D eigenvalue weighted by Gasteiger charge is 2.38. The summed E-state index contributed by atoms with van der Waals surface area (Å²) >= 11 is 0. The Labute approximate surface area is 128 Å². The van der Waals surface area contributed by atoms with E-state index in [0.717, 1.165) is 11.4 Å². The summed E-state index contributed by atoms with van der Waals surface area (Å²) in [5.41, 5.74) is 3.43. The molecule has 0 spiro atoms. The molecule has 4 heteroatoms. The Kier molecular flexibility index (Phi) is 2.79. The number of fused-ring (bicyclic) bond motifs is 3. The summed E-state index contributed by atoms with van der Waals surface area (Å²) in [6.45, 7) is 2.23. The topological polar surface area (TPSA) is 55.1 Å². The van der Waals surface area contributed by atoms with Crippen LogP contribution in [-0.2, 0) is 0 Å². The van der Waals surface area contributed by atoms with Gasteiger partial charge in [0.15, 0.2) is 0 Å². The zero-order valence-corrected chi connectivity index (χ0v) is 12.2. The molecule has 0 radical (unpaired) electrons. The van der Waals surface area contributed by atoms with E-state index >= 15 is 0 Å². The number of carboxylic acids is 1. The quantitative estimate of drug-likeness (QED) is 0.921. The predicted molar refractivity (Wildman–Crippen MR) is 83.4 cm³/mol. The molecule has 0 saturated heterocycles.